The summed E-state index contributed by atoms with van der Waals surface area (Å²) >= 11 is 1.69. The van der Waals surface area contributed by atoms with Gasteiger partial charge >= 0.3 is 0 Å². The Morgan fingerprint density at radius 2 is 2.06 bits per heavy atom. The molecular weight excluding hydrogens is 240 g/mol. The molecule has 0 atom stereocenters. The highest BCUT2D eigenvalue weighted by Gasteiger charge is 2.13. The highest BCUT2D eigenvalue weighted by atomic mass is 32.1. The number of nitrogens with zero attached hydrogens (tertiary/aromatic N) is 1. The van der Waals surface area contributed by atoms with Crippen molar-refractivity contribution >= 4 is 17.0 Å². The molecule has 2 nitrogen and oxygen atoms in total. The van der Waals surface area contributed by atoms with Crippen LogP contribution in [0.15, 0.2) is 35.8 Å². The van der Waals surface area contributed by atoms with E-state index in [0.29, 0.717) is 6.04 Å². The third-order valence-corrected chi connectivity index (χ3v) is 4.34. The van der Waals surface area contributed by atoms with Crippen LogP contribution < -0.4 is 5.32 Å². The first-order valence-electron chi connectivity index (χ1n) is 6.68. The minimum absolute atomic E-state index is 0.658. The Morgan fingerprint density at radius 3 is 2.83 bits per heavy atom. The molecule has 1 aliphatic rings. The fraction of sp³-hybridized carbons (Fsp3) is 0.400. The lowest BCUT2D eigenvalue weighted by Crippen LogP contribution is -2.22. The van der Waals surface area contributed by atoms with Gasteiger partial charge in [-0.25, -0.2) is 4.98 Å². The van der Waals surface area contributed by atoms with Crippen LogP contribution in [0.1, 0.15) is 32.1 Å². The van der Waals surface area contributed by atoms with Crippen molar-refractivity contribution in [2.45, 2.75) is 38.1 Å². The summed E-state index contributed by atoms with van der Waals surface area (Å²) in [6, 6.07) is 9.27. The van der Waals surface area contributed by atoms with Crippen LogP contribution in [0.3, 0.4) is 0 Å². The van der Waals surface area contributed by atoms with Gasteiger partial charge < -0.3 is 5.32 Å². The molecule has 2 aromatic rings. The van der Waals surface area contributed by atoms with Crippen molar-refractivity contribution in [1.82, 2.24) is 4.98 Å². The van der Waals surface area contributed by atoms with Crippen molar-refractivity contribution in [2.24, 2.45) is 0 Å². The van der Waals surface area contributed by atoms with Crippen LogP contribution in [0.5, 0.6) is 0 Å². The lowest BCUT2D eigenvalue weighted by atomic mass is 9.95. The Kier molecular flexibility index (Phi) is 3.60. The van der Waals surface area contributed by atoms with Crippen LogP contribution in [0.4, 0.5) is 5.69 Å². The summed E-state index contributed by atoms with van der Waals surface area (Å²) in [5.74, 6) is 0. The molecule has 0 bridgehead atoms. The molecular formula is C15H18N2S. The first kappa shape index (κ1) is 11.7. The van der Waals surface area contributed by atoms with E-state index in [9.17, 15) is 0 Å². The van der Waals surface area contributed by atoms with Crippen molar-refractivity contribution < 1.29 is 0 Å². The zero-order valence-corrected chi connectivity index (χ0v) is 11.2. The maximum Gasteiger partial charge on any atom is 0.123 e. The highest BCUT2D eigenvalue weighted by Crippen LogP contribution is 2.26. The van der Waals surface area contributed by atoms with Crippen molar-refractivity contribution in [1.29, 1.82) is 0 Å². The Balaban J connectivity index is 1.74. The lowest BCUT2D eigenvalue weighted by Gasteiger charge is -2.24. The fourth-order valence-corrected chi connectivity index (χ4v) is 3.23. The molecule has 1 aliphatic carbocycles. The number of aromatic nitrogens is 1. The van der Waals surface area contributed by atoms with Crippen LogP contribution in [0.2, 0.25) is 0 Å². The standard InChI is InChI=1S/C15H18N2S/c1-2-6-13(7-3-1)17-14-8-4-5-12(11-14)15-16-9-10-18-15/h4-5,8-11,13,17H,1-3,6-7H2. The Morgan fingerprint density at radius 1 is 1.17 bits per heavy atom. The van der Waals surface area contributed by atoms with Crippen molar-refractivity contribution in [3.05, 3.63) is 35.8 Å². The monoisotopic (exact) mass is 258 g/mol. The van der Waals surface area contributed by atoms with Crippen LogP contribution in [0.25, 0.3) is 10.6 Å². The zero-order valence-electron chi connectivity index (χ0n) is 10.4. The number of anilines is 1. The van der Waals surface area contributed by atoms with Crippen LogP contribution in [0, 0.1) is 0 Å². The maximum atomic E-state index is 4.37. The van der Waals surface area contributed by atoms with Gasteiger partial charge in [0.25, 0.3) is 0 Å². The largest absolute Gasteiger partial charge is 0.382 e. The molecule has 1 saturated carbocycles. The third-order valence-electron chi connectivity index (χ3n) is 3.52. The van der Waals surface area contributed by atoms with Crippen LogP contribution >= 0.6 is 11.3 Å². The van der Waals surface area contributed by atoms with Gasteiger partial charge in [-0.1, -0.05) is 31.4 Å². The van der Waals surface area contributed by atoms with E-state index in [4.69, 9.17) is 0 Å². The summed E-state index contributed by atoms with van der Waals surface area (Å²) in [5, 5.41) is 6.78. The number of thiazole rings is 1. The highest BCUT2D eigenvalue weighted by molar-refractivity contribution is 7.13. The summed E-state index contributed by atoms with van der Waals surface area (Å²) in [4.78, 5) is 4.37. The molecule has 1 fully saturated rings. The molecule has 0 spiro atoms. The van der Waals surface area contributed by atoms with Crippen LogP contribution in [-0.4, -0.2) is 11.0 Å². The summed E-state index contributed by atoms with van der Waals surface area (Å²) in [7, 11) is 0. The van der Waals surface area contributed by atoms with Crippen LogP contribution in [-0.2, 0) is 0 Å². The van der Waals surface area contributed by atoms with Gasteiger partial charge in [0.1, 0.15) is 5.01 Å². The summed E-state index contributed by atoms with van der Waals surface area (Å²) in [5.41, 5.74) is 2.44. The zero-order chi connectivity index (χ0) is 12.2. The Bertz CT molecular complexity index is 487. The average Bonchev–Trinajstić information content (AvgIpc) is 2.94. The van der Waals surface area contributed by atoms with Gasteiger partial charge in [-0.2, -0.15) is 0 Å². The first-order valence-corrected chi connectivity index (χ1v) is 7.56. The van der Waals surface area contributed by atoms with E-state index in [1.165, 1.54) is 43.4 Å². The van der Waals surface area contributed by atoms with Gasteiger partial charge in [-0.3, -0.25) is 0 Å². The predicted octanol–water partition coefficient (Wildman–Crippen LogP) is 4.55. The van der Waals surface area contributed by atoms with E-state index in [1.54, 1.807) is 11.3 Å². The molecule has 1 N–H and O–H groups in total. The van der Waals surface area contributed by atoms with Gasteiger partial charge in [0.15, 0.2) is 0 Å². The van der Waals surface area contributed by atoms with Gasteiger partial charge in [0.05, 0.1) is 0 Å². The van der Waals surface area contributed by atoms with Gasteiger partial charge in [0, 0.05) is 28.9 Å². The quantitative estimate of drug-likeness (QED) is 0.873. The molecule has 0 unspecified atom stereocenters. The first-order chi connectivity index (χ1) is 8.92. The van der Waals surface area contributed by atoms with Gasteiger partial charge in [0.2, 0.25) is 0 Å². The summed E-state index contributed by atoms with van der Waals surface area (Å²) in [6.45, 7) is 0. The molecule has 3 heteroatoms. The Hall–Kier alpha value is -1.35. The van der Waals surface area contributed by atoms with Gasteiger partial charge in [-0.15, -0.1) is 11.3 Å². The second kappa shape index (κ2) is 5.53. The lowest BCUT2D eigenvalue weighted by molar-refractivity contribution is 0.463. The molecule has 1 heterocycles. The average molecular weight is 258 g/mol. The number of nitrogens with one attached hydrogen (secondary N) is 1. The maximum absolute atomic E-state index is 4.37. The predicted molar refractivity (Wildman–Crippen MR) is 78.0 cm³/mol. The van der Waals surface area contributed by atoms with Crippen molar-refractivity contribution in [3.8, 4) is 10.6 Å². The second-order valence-electron chi connectivity index (χ2n) is 4.90. The van der Waals surface area contributed by atoms with E-state index >= 15 is 0 Å². The molecule has 18 heavy (non-hydrogen) atoms. The third kappa shape index (κ3) is 2.72. The molecule has 94 valence electrons. The van der Waals surface area contributed by atoms with Crippen molar-refractivity contribution in [2.75, 3.05) is 5.32 Å². The van der Waals surface area contributed by atoms with E-state index in [0.717, 1.165) is 5.01 Å². The van der Waals surface area contributed by atoms with Crippen molar-refractivity contribution in [3.63, 3.8) is 0 Å². The van der Waals surface area contributed by atoms with E-state index in [1.807, 2.05) is 11.6 Å². The SMILES string of the molecule is c1cc(NC2CCCCC2)cc(-c2nccs2)c1. The summed E-state index contributed by atoms with van der Waals surface area (Å²) < 4.78 is 0. The molecule has 1 aromatic heterocycles. The molecule has 0 saturated heterocycles. The summed E-state index contributed by atoms with van der Waals surface area (Å²) in [6.07, 6.45) is 8.61. The van der Waals surface area contributed by atoms with E-state index in [-0.39, 0.29) is 0 Å². The number of hydrogen-bond acceptors (Lipinski definition) is 3. The molecule has 1 aromatic carbocycles. The van der Waals surface area contributed by atoms with E-state index in [2.05, 4.69) is 34.6 Å². The Labute approximate surface area is 112 Å². The molecule has 3 rings (SSSR count). The molecule has 0 amide bonds. The smallest absolute Gasteiger partial charge is 0.123 e. The minimum atomic E-state index is 0.658. The number of rotatable bonds is 3. The minimum Gasteiger partial charge on any atom is -0.382 e. The number of benzene rings is 1. The van der Waals surface area contributed by atoms with Gasteiger partial charge in [-0.05, 0) is 25.0 Å². The fourth-order valence-electron chi connectivity index (χ4n) is 2.59. The van der Waals surface area contributed by atoms with E-state index < -0.39 is 0 Å². The normalized spacial score (nSPS) is 16.7. The second-order valence-corrected chi connectivity index (χ2v) is 5.79. The topological polar surface area (TPSA) is 24.9 Å². The molecule has 0 radical (unpaired) electrons. The molecule has 0 aliphatic heterocycles. The number of hydrogen-bond donors (Lipinski definition) is 1.